The van der Waals surface area contributed by atoms with Crippen LogP contribution in [0.3, 0.4) is 0 Å². The molecule has 0 saturated heterocycles. The van der Waals surface area contributed by atoms with E-state index in [4.69, 9.17) is 4.98 Å². The number of carbonyl (C=O) groups is 2. The number of fused-ring (bicyclic) bond motifs is 1. The number of rotatable bonds is 14. The fourth-order valence-electron chi connectivity index (χ4n) is 5.14. The van der Waals surface area contributed by atoms with Gasteiger partial charge in [-0.05, 0) is 81.5 Å². The molecular formula is C30H42N4O3. The molecular weight excluding hydrogens is 464 g/mol. The number of nitrogens with zero attached hydrogens (tertiary/aromatic N) is 2. The quantitative estimate of drug-likeness (QED) is 0.328. The Morgan fingerprint density at radius 3 is 2.65 bits per heavy atom. The third-order valence-corrected chi connectivity index (χ3v) is 7.56. The predicted octanol–water partition coefficient (Wildman–Crippen LogP) is 4.46. The summed E-state index contributed by atoms with van der Waals surface area (Å²) < 4.78 is 0. The van der Waals surface area contributed by atoms with Gasteiger partial charge >= 0.3 is 5.97 Å². The number of aryl methyl sites for hydroxylation is 2. The minimum atomic E-state index is -0.966. The van der Waals surface area contributed by atoms with Crippen molar-refractivity contribution in [1.29, 1.82) is 0 Å². The van der Waals surface area contributed by atoms with Crippen LogP contribution in [0.5, 0.6) is 0 Å². The third-order valence-electron chi connectivity index (χ3n) is 7.56. The average Bonchev–Trinajstić information content (AvgIpc) is 3.73. The van der Waals surface area contributed by atoms with E-state index in [1.807, 2.05) is 44.2 Å². The Balaban J connectivity index is 1.23. The molecule has 3 N–H and O–H groups in total. The number of unbranched alkanes of at least 4 members (excludes halogenated alkanes) is 1. The van der Waals surface area contributed by atoms with Crippen LogP contribution in [0.2, 0.25) is 0 Å². The zero-order chi connectivity index (χ0) is 26.3. The topological polar surface area (TPSA) is 94.6 Å². The molecule has 1 amide bonds. The first kappa shape index (κ1) is 27.1. The maximum atomic E-state index is 13.0. The summed E-state index contributed by atoms with van der Waals surface area (Å²) in [6.45, 7) is 6.38. The number of hydrogen-bond donors (Lipinski definition) is 3. The van der Waals surface area contributed by atoms with Gasteiger partial charge in [0.15, 0.2) is 0 Å². The summed E-state index contributed by atoms with van der Waals surface area (Å²) in [4.78, 5) is 32.2. The molecule has 7 heteroatoms. The minimum Gasteiger partial charge on any atom is -0.480 e. The highest BCUT2D eigenvalue weighted by Gasteiger charge is 2.33. The van der Waals surface area contributed by atoms with Gasteiger partial charge in [0.2, 0.25) is 5.91 Å². The second-order valence-electron chi connectivity index (χ2n) is 11.3. The Hall–Kier alpha value is -2.93. The van der Waals surface area contributed by atoms with Gasteiger partial charge < -0.3 is 20.6 Å². The van der Waals surface area contributed by atoms with Crippen LogP contribution in [0.15, 0.2) is 42.5 Å². The zero-order valence-electron chi connectivity index (χ0n) is 22.3. The number of nitrogens with one attached hydrogen (secondary N) is 2. The molecule has 0 spiro atoms. The van der Waals surface area contributed by atoms with Crippen molar-refractivity contribution < 1.29 is 14.7 Å². The lowest BCUT2D eigenvalue weighted by Crippen LogP contribution is -2.48. The molecule has 0 unspecified atom stereocenters. The Morgan fingerprint density at radius 2 is 1.92 bits per heavy atom. The van der Waals surface area contributed by atoms with Gasteiger partial charge in [0.25, 0.3) is 0 Å². The Morgan fingerprint density at radius 1 is 1.14 bits per heavy atom. The number of benzene rings is 1. The van der Waals surface area contributed by atoms with Gasteiger partial charge in [-0.25, -0.2) is 9.78 Å². The lowest BCUT2D eigenvalue weighted by molar-refractivity contribution is -0.143. The van der Waals surface area contributed by atoms with Crippen LogP contribution in [0.25, 0.3) is 0 Å². The minimum absolute atomic E-state index is 0.214. The lowest BCUT2D eigenvalue weighted by Gasteiger charge is -2.28. The number of carboxylic acids is 1. The maximum Gasteiger partial charge on any atom is 0.326 e. The molecule has 1 aromatic heterocycles. The van der Waals surface area contributed by atoms with Crippen LogP contribution in [-0.4, -0.2) is 58.6 Å². The second-order valence-corrected chi connectivity index (χ2v) is 11.3. The van der Waals surface area contributed by atoms with Gasteiger partial charge in [0.05, 0.1) is 0 Å². The molecule has 1 aromatic carbocycles. The molecule has 1 atom stereocenters. The summed E-state index contributed by atoms with van der Waals surface area (Å²) in [5.41, 5.74) is 2.83. The first-order valence-electron chi connectivity index (χ1n) is 13.9. The fraction of sp³-hybridized carbons (Fsp3) is 0.567. The van der Waals surface area contributed by atoms with Crippen molar-refractivity contribution in [3.63, 3.8) is 0 Å². The van der Waals surface area contributed by atoms with E-state index in [0.29, 0.717) is 25.4 Å². The molecule has 1 aliphatic heterocycles. The molecule has 2 aliphatic rings. The normalized spacial score (nSPS) is 16.1. The number of carboxylic acid groups (broad SMARTS) is 1. The van der Waals surface area contributed by atoms with E-state index < -0.39 is 17.4 Å². The Labute approximate surface area is 221 Å². The van der Waals surface area contributed by atoms with Gasteiger partial charge in [0.1, 0.15) is 11.9 Å². The third kappa shape index (κ3) is 8.03. The van der Waals surface area contributed by atoms with Crippen LogP contribution in [0.4, 0.5) is 5.82 Å². The van der Waals surface area contributed by atoms with Crippen molar-refractivity contribution >= 4 is 17.7 Å². The molecule has 4 rings (SSSR count). The molecule has 1 saturated carbocycles. The number of pyridine rings is 1. The van der Waals surface area contributed by atoms with E-state index in [9.17, 15) is 14.7 Å². The highest BCUT2D eigenvalue weighted by Crippen LogP contribution is 2.28. The van der Waals surface area contributed by atoms with Crippen molar-refractivity contribution in [3.8, 4) is 0 Å². The number of anilines is 1. The van der Waals surface area contributed by atoms with E-state index in [0.717, 1.165) is 55.8 Å². The van der Waals surface area contributed by atoms with E-state index in [1.54, 1.807) is 0 Å². The van der Waals surface area contributed by atoms with Crippen molar-refractivity contribution in [3.05, 3.63) is 59.3 Å². The summed E-state index contributed by atoms with van der Waals surface area (Å²) in [6.07, 6.45) is 8.67. The number of hydrogen-bond acceptors (Lipinski definition) is 5. The number of aliphatic carboxylic acids is 1. The molecule has 2 aromatic rings. The molecule has 2 heterocycles. The van der Waals surface area contributed by atoms with Gasteiger partial charge in [-0.3, -0.25) is 4.79 Å². The van der Waals surface area contributed by atoms with Gasteiger partial charge in [-0.1, -0.05) is 50.2 Å². The van der Waals surface area contributed by atoms with E-state index in [1.165, 1.54) is 24.8 Å². The maximum absolute atomic E-state index is 13.0. The second kappa shape index (κ2) is 12.5. The van der Waals surface area contributed by atoms with E-state index in [2.05, 4.69) is 27.7 Å². The Bertz CT molecular complexity index is 1050. The summed E-state index contributed by atoms with van der Waals surface area (Å²) in [6, 6.07) is 13.9. The van der Waals surface area contributed by atoms with Crippen molar-refractivity contribution in [2.75, 3.05) is 25.0 Å². The van der Waals surface area contributed by atoms with Crippen molar-refractivity contribution in [1.82, 2.24) is 15.2 Å². The van der Waals surface area contributed by atoms with Crippen LogP contribution >= 0.6 is 0 Å². The lowest BCUT2D eigenvalue weighted by atomic mass is 9.84. The summed E-state index contributed by atoms with van der Waals surface area (Å²) in [5.74, 6) is -0.127. The highest BCUT2D eigenvalue weighted by atomic mass is 16.4. The highest BCUT2D eigenvalue weighted by molar-refractivity contribution is 5.87. The predicted molar refractivity (Wildman–Crippen MR) is 147 cm³/mol. The smallest absolute Gasteiger partial charge is 0.326 e. The fourth-order valence-corrected chi connectivity index (χ4v) is 5.14. The number of carbonyl (C=O) groups excluding carboxylic acids is 1. The first-order chi connectivity index (χ1) is 17.8. The van der Waals surface area contributed by atoms with E-state index >= 15 is 0 Å². The van der Waals surface area contributed by atoms with Gasteiger partial charge in [-0.2, -0.15) is 0 Å². The number of amides is 1. The van der Waals surface area contributed by atoms with E-state index in [-0.39, 0.29) is 5.91 Å². The summed E-state index contributed by atoms with van der Waals surface area (Å²) >= 11 is 0. The molecule has 1 fully saturated rings. The summed E-state index contributed by atoms with van der Waals surface area (Å²) in [5, 5.41) is 16.1. The number of aromatic nitrogens is 1. The molecule has 0 radical (unpaired) electrons. The standard InChI is InChI=1S/C30H42N4O3/c1-30(2,21-22-9-4-3-5-10-22)29(37)33-26(28(35)36)17-20-34(25-15-16-25)19-7-6-12-24-14-13-23-11-8-18-31-27(23)32-24/h3-5,9-10,13-14,25-26H,6-8,11-12,15-21H2,1-2H3,(H,31,32)(H,33,37)(H,35,36)/t26-/m0/s1. The van der Waals surface area contributed by atoms with Crippen molar-refractivity contribution in [2.45, 2.75) is 83.7 Å². The monoisotopic (exact) mass is 506 g/mol. The van der Waals surface area contributed by atoms with Crippen molar-refractivity contribution in [2.24, 2.45) is 5.41 Å². The van der Waals surface area contributed by atoms with Gasteiger partial charge in [0, 0.05) is 30.2 Å². The van der Waals surface area contributed by atoms with Gasteiger partial charge in [-0.15, -0.1) is 0 Å². The molecule has 0 bridgehead atoms. The van der Waals surface area contributed by atoms with Crippen LogP contribution in [0.1, 0.15) is 69.2 Å². The molecule has 37 heavy (non-hydrogen) atoms. The molecule has 1 aliphatic carbocycles. The SMILES string of the molecule is CC(C)(Cc1ccccc1)C(=O)N[C@@H](CCN(CCCCc1ccc2c(n1)NCCC2)C1CC1)C(=O)O. The van der Waals surface area contributed by atoms with Crippen LogP contribution in [-0.2, 0) is 28.9 Å². The average molecular weight is 507 g/mol. The Kier molecular flexibility index (Phi) is 9.19. The van der Waals surface area contributed by atoms with Crippen LogP contribution < -0.4 is 10.6 Å². The largest absolute Gasteiger partial charge is 0.480 e. The first-order valence-corrected chi connectivity index (χ1v) is 13.9. The van der Waals surface area contributed by atoms with Crippen LogP contribution in [0, 0.1) is 5.41 Å². The molecule has 7 nitrogen and oxygen atoms in total. The summed E-state index contributed by atoms with van der Waals surface area (Å²) in [7, 11) is 0. The zero-order valence-corrected chi connectivity index (χ0v) is 22.3. The molecule has 200 valence electrons.